The molecule has 19 heavy (non-hydrogen) atoms. The summed E-state index contributed by atoms with van der Waals surface area (Å²) in [6.07, 6.45) is 8.11. The van der Waals surface area contributed by atoms with Crippen LogP contribution in [0.3, 0.4) is 0 Å². The number of piperidine rings is 1. The third kappa shape index (κ3) is 2.23. The first-order chi connectivity index (χ1) is 9.14. The van der Waals surface area contributed by atoms with Gasteiger partial charge in [-0.15, -0.1) is 0 Å². The van der Waals surface area contributed by atoms with Crippen molar-refractivity contribution in [3.05, 3.63) is 34.9 Å². The molecule has 1 saturated heterocycles. The standard InChI is InChI=1S/C18H27N/c1-4-5-8-18-9-10-19(3)16(13-18)12-15-7-6-14(2)11-17(15)18/h6-7,11,16H,4-5,8-10,12-13H2,1-3H3. The number of benzene rings is 1. The average Bonchev–Trinajstić information content (AvgIpc) is 2.42. The van der Waals surface area contributed by atoms with Crippen LogP contribution in [0, 0.1) is 6.92 Å². The van der Waals surface area contributed by atoms with E-state index >= 15 is 0 Å². The van der Waals surface area contributed by atoms with Crippen LogP contribution in [0.1, 0.15) is 55.7 Å². The maximum absolute atomic E-state index is 2.59. The third-order valence-electron chi connectivity index (χ3n) is 5.49. The molecule has 1 aliphatic heterocycles. The summed E-state index contributed by atoms with van der Waals surface area (Å²) in [6.45, 7) is 5.85. The van der Waals surface area contributed by atoms with Crippen LogP contribution in [-0.4, -0.2) is 24.5 Å². The van der Waals surface area contributed by atoms with Crippen molar-refractivity contribution in [2.75, 3.05) is 13.6 Å². The third-order valence-corrected chi connectivity index (χ3v) is 5.49. The van der Waals surface area contributed by atoms with E-state index in [1.807, 2.05) is 0 Å². The summed E-state index contributed by atoms with van der Waals surface area (Å²) in [7, 11) is 2.31. The Bertz CT molecular complexity index is 461. The largest absolute Gasteiger partial charge is 0.303 e. The first kappa shape index (κ1) is 13.2. The molecule has 104 valence electrons. The van der Waals surface area contributed by atoms with E-state index in [0.717, 1.165) is 6.04 Å². The lowest BCUT2D eigenvalue weighted by molar-refractivity contribution is 0.0965. The van der Waals surface area contributed by atoms with Crippen LogP contribution in [-0.2, 0) is 11.8 Å². The van der Waals surface area contributed by atoms with E-state index in [0.29, 0.717) is 5.41 Å². The number of likely N-dealkylation sites (N-methyl/N-ethyl adjacent to an activating group) is 1. The molecular weight excluding hydrogens is 230 g/mol. The Kier molecular flexibility index (Phi) is 3.42. The highest BCUT2D eigenvalue weighted by atomic mass is 15.1. The van der Waals surface area contributed by atoms with Gasteiger partial charge in [-0.1, -0.05) is 43.5 Å². The summed E-state index contributed by atoms with van der Waals surface area (Å²) in [5, 5.41) is 0. The highest BCUT2D eigenvalue weighted by Crippen LogP contribution is 2.47. The van der Waals surface area contributed by atoms with Crippen LogP contribution in [0.15, 0.2) is 18.2 Å². The van der Waals surface area contributed by atoms with Gasteiger partial charge in [-0.3, -0.25) is 0 Å². The fraction of sp³-hybridized carbons (Fsp3) is 0.667. The summed E-state index contributed by atoms with van der Waals surface area (Å²) in [6, 6.07) is 7.97. The van der Waals surface area contributed by atoms with Crippen LogP contribution in [0.2, 0.25) is 0 Å². The maximum Gasteiger partial charge on any atom is 0.0141 e. The molecule has 1 heteroatoms. The monoisotopic (exact) mass is 257 g/mol. The predicted octanol–water partition coefficient (Wildman–Crippen LogP) is 4.07. The Morgan fingerprint density at radius 3 is 3.00 bits per heavy atom. The number of unbranched alkanes of at least 4 members (excludes halogenated alkanes) is 1. The summed E-state index contributed by atoms with van der Waals surface area (Å²) < 4.78 is 0. The molecule has 1 heterocycles. The van der Waals surface area contributed by atoms with Crippen molar-refractivity contribution in [2.24, 2.45) is 0 Å². The first-order valence-corrected chi connectivity index (χ1v) is 7.95. The molecule has 1 fully saturated rings. The molecular formula is C18H27N. The minimum Gasteiger partial charge on any atom is -0.303 e. The van der Waals surface area contributed by atoms with Gasteiger partial charge >= 0.3 is 0 Å². The summed E-state index contributed by atoms with van der Waals surface area (Å²) in [4.78, 5) is 2.59. The van der Waals surface area contributed by atoms with E-state index in [1.54, 1.807) is 11.1 Å². The van der Waals surface area contributed by atoms with Crippen molar-refractivity contribution < 1.29 is 0 Å². The van der Waals surface area contributed by atoms with Crippen LogP contribution in [0.4, 0.5) is 0 Å². The molecule has 2 unspecified atom stereocenters. The number of hydrogen-bond acceptors (Lipinski definition) is 1. The predicted molar refractivity (Wildman–Crippen MR) is 81.7 cm³/mol. The van der Waals surface area contributed by atoms with Crippen molar-refractivity contribution >= 4 is 0 Å². The minimum absolute atomic E-state index is 0.493. The molecule has 3 rings (SSSR count). The molecule has 1 aromatic carbocycles. The van der Waals surface area contributed by atoms with E-state index < -0.39 is 0 Å². The smallest absolute Gasteiger partial charge is 0.0141 e. The van der Waals surface area contributed by atoms with E-state index in [4.69, 9.17) is 0 Å². The summed E-state index contributed by atoms with van der Waals surface area (Å²) in [5.41, 5.74) is 5.26. The quantitative estimate of drug-likeness (QED) is 0.789. The number of fused-ring (bicyclic) bond motifs is 4. The van der Waals surface area contributed by atoms with Crippen LogP contribution < -0.4 is 0 Å². The molecule has 2 atom stereocenters. The second-order valence-electron chi connectivity index (χ2n) is 6.84. The Balaban J connectivity index is 2.03. The first-order valence-electron chi connectivity index (χ1n) is 7.95. The highest BCUT2D eigenvalue weighted by molar-refractivity contribution is 5.41. The Morgan fingerprint density at radius 1 is 1.37 bits per heavy atom. The van der Waals surface area contributed by atoms with Crippen LogP contribution in [0.5, 0.6) is 0 Å². The molecule has 0 saturated carbocycles. The molecule has 2 aliphatic rings. The van der Waals surface area contributed by atoms with Gasteiger partial charge in [-0.05, 0) is 62.7 Å². The molecule has 0 N–H and O–H groups in total. The normalized spacial score (nSPS) is 30.2. The molecule has 1 aliphatic carbocycles. The van der Waals surface area contributed by atoms with Crippen molar-refractivity contribution in [3.8, 4) is 0 Å². The van der Waals surface area contributed by atoms with Gasteiger partial charge in [0.1, 0.15) is 0 Å². The van der Waals surface area contributed by atoms with Crippen LogP contribution in [0.25, 0.3) is 0 Å². The topological polar surface area (TPSA) is 3.24 Å². The number of nitrogens with zero attached hydrogens (tertiary/aromatic N) is 1. The van der Waals surface area contributed by atoms with Crippen molar-refractivity contribution in [1.82, 2.24) is 4.90 Å². The lowest BCUT2D eigenvalue weighted by atomic mass is 9.61. The molecule has 1 nitrogen and oxygen atoms in total. The van der Waals surface area contributed by atoms with Gasteiger partial charge in [0.05, 0.1) is 0 Å². The average molecular weight is 257 g/mol. The Hall–Kier alpha value is -0.820. The molecule has 0 amide bonds. The van der Waals surface area contributed by atoms with Gasteiger partial charge in [0.2, 0.25) is 0 Å². The van der Waals surface area contributed by atoms with Gasteiger partial charge in [-0.2, -0.15) is 0 Å². The van der Waals surface area contributed by atoms with E-state index in [-0.39, 0.29) is 0 Å². The van der Waals surface area contributed by atoms with E-state index in [9.17, 15) is 0 Å². The van der Waals surface area contributed by atoms with Gasteiger partial charge in [-0.25, -0.2) is 0 Å². The highest BCUT2D eigenvalue weighted by Gasteiger charge is 2.44. The molecule has 0 spiro atoms. The molecule has 0 radical (unpaired) electrons. The SMILES string of the molecule is CCCCC12CCN(C)C(Cc3ccc(C)cc31)C2. The fourth-order valence-corrected chi connectivity index (χ4v) is 4.25. The van der Waals surface area contributed by atoms with Crippen LogP contribution >= 0.6 is 0 Å². The number of likely N-dealkylation sites (tertiary alicyclic amines) is 1. The van der Waals surface area contributed by atoms with Gasteiger partial charge in [0, 0.05) is 6.04 Å². The minimum atomic E-state index is 0.493. The molecule has 2 bridgehead atoms. The maximum atomic E-state index is 2.59. The van der Waals surface area contributed by atoms with Crippen molar-refractivity contribution in [1.29, 1.82) is 0 Å². The second-order valence-corrected chi connectivity index (χ2v) is 6.84. The van der Waals surface area contributed by atoms with Crippen molar-refractivity contribution in [2.45, 2.75) is 63.8 Å². The van der Waals surface area contributed by atoms with Crippen molar-refractivity contribution in [3.63, 3.8) is 0 Å². The van der Waals surface area contributed by atoms with E-state index in [1.165, 1.54) is 50.6 Å². The molecule has 0 aromatic heterocycles. The Labute approximate surface area is 118 Å². The van der Waals surface area contributed by atoms with Gasteiger partial charge in [0.25, 0.3) is 0 Å². The fourth-order valence-electron chi connectivity index (χ4n) is 4.25. The van der Waals surface area contributed by atoms with Gasteiger partial charge < -0.3 is 4.90 Å². The summed E-state index contributed by atoms with van der Waals surface area (Å²) >= 11 is 0. The lowest BCUT2D eigenvalue weighted by Crippen LogP contribution is -2.51. The second kappa shape index (κ2) is 4.94. The number of rotatable bonds is 3. The zero-order chi connectivity index (χ0) is 13.5. The summed E-state index contributed by atoms with van der Waals surface area (Å²) in [5.74, 6) is 0. The lowest BCUT2D eigenvalue weighted by Gasteiger charge is -2.51. The molecule has 1 aromatic rings. The van der Waals surface area contributed by atoms with E-state index in [2.05, 4.69) is 44.0 Å². The Morgan fingerprint density at radius 2 is 2.21 bits per heavy atom. The number of aryl methyl sites for hydroxylation is 1. The zero-order valence-corrected chi connectivity index (χ0v) is 12.7. The zero-order valence-electron chi connectivity index (χ0n) is 12.7. The number of hydrogen-bond donors (Lipinski definition) is 0. The van der Waals surface area contributed by atoms with Gasteiger partial charge in [0.15, 0.2) is 0 Å².